The van der Waals surface area contributed by atoms with Gasteiger partial charge in [0, 0.05) is 24.8 Å². The highest BCUT2D eigenvalue weighted by molar-refractivity contribution is 7.80. The molecule has 1 fully saturated rings. The third-order valence-corrected chi connectivity index (χ3v) is 6.06. The van der Waals surface area contributed by atoms with Crippen molar-refractivity contribution in [2.45, 2.75) is 12.1 Å². The molecular weight excluding hydrogens is 448 g/mol. The van der Waals surface area contributed by atoms with E-state index in [0.717, 1.165) is 12.2 Å². The van der Waals surface area contributed by atoms with E-state index in [2.05, 4.69) is 20.1 Å². The Labute approximate surface area is 196 Å². The number of pyridine rings is 1. The number of furan rings is 1. The molecule has 2 atom stereocenters. The molecule has 0 bridgehead atoms. The summed E-state index contributed by atoms with van der Waals surface area (Å²) < 4.78 is 6.25. The van der Waals surface area contributed by atoms with Crippen LogP contribution >= 0.6 is 23.8 Å². The minimum atomic E-state index is -1.02. The van der Waals surface area contributed by atoms with Crippen molar-refractivity contribution >= 4 is 34.9 Å². The summed E-state index contributed by atoms with van der Waals surface area (Å²) in [5, 5.41) is 13.8. The quantitative estimate of drug-likeness (QED) is 0.496. The summed E-state index contributed by atoms with van der Waals surface area (Å²) in [5.41, 5.74) is 1.53. The maximum absolute atomic E-state index is 11.4. The zero-order valence-electron chi connectivity index (χ0n) is 17.7. The van der Waals surface area contributed by atoms with Crippen LogP contribution in [0.5, 0.6) is 0 Å². The number of aromatic nitrogens is 1. The summed E-state index contributed by atoms with van der Waals surface area (Å²) >= 11 is 12.0. The fourth-order valence-corrected chi connectivity index (χ4v) is 4.31. The van der Waals surface area contributed by atoms with Gasteiger partial charge in [0.25, 0.3) is 0 Å². The van der Waals surface area contributed by atoms with Crippen LogP contribution in [0.3, 0.4) is 0 Å². The second-order valence-electron chi connectivity index (χ2n) is 7.83. The lowest BCUT2D eigenvalue weighted by Gasteiger charge is -2.27. The van der Waals surface area contributed by atoms with Crippen LogP contribution in [0.4, 0.5) is 0 Å². The second kappa shape index (κ2) is 9.28. The van der Waals surface area contributed by atoms with Gasteiger partial charge in [-0.1, -0.05) is 17.7 Å². The number of carbonyl (C=O) groups is 1. The number of carboxylic acid groups (broad SMARTS) is 1. The molecule has 0 amide bonds. The van der Waals surface area contributed by atoms with E-state index in [9.17, 15) is 9.90 Å². The van der Waals surface area contributed by atoms with Gasteiger partial charge < -0.3 is 24.6 Å². The molecule has 0 aliphatic carbocycles. The van der Waals surface area contributed by atoms with E-state index in [4.69, 9.17) is 28.2 Å². The Balaban J connectivity index is 1.73. The molecule has 2 N–H and O–H groups in total. The number of nitrogens with one attached hydrogen (secondary N) is 1. The molecule has 1 saturated heterocycles. The molecule has 0 unspecified atom stereocenters. The maximum atomic E-state index is 11.4. The molecule has 1 aliphatic heterocycles. The molecule has 7 nitrogen and oxygen atoms in total. The molecule has 4 rings (SSSR count). The Hall–Kier alpha value is -2.94. The first kappa shape index (κ1) is 22.3. The van der Waals surface area contributed by atoms with Gasteiger partial charge in [0.05, 0.1) is 22.3 Å². The van der Waals surface area contributed by atoms with Crippen molar-refractivity contribution in [1.29, 1.82) is 0 Å². The molecule has 2 aromatic heterocycles. The van der Waals surface area contributed by atoms with Crippen LogP contribution < -0.4 is 5.32 Å². The van der Waals surface area contributed by atoms with Crippen molar-refractivity contribution < 1.29 is 14.3 Å². The number of thiocarbonyl (C=S) groups is 1. The van der Waals surface area contributed by atoms with Crippen LogP contribution in [0, 0.1) is 0 Å². The lowest BCUT2D eigenvalue weighted by molar-refractivity contribution is 0.0697. The Bertz CT molecular complexity index is 1140. The molecule has 0 spiro atoms. The van der Waals surface area contributed by atoms with Crippen LogP contribution in [-0.2, 0) is 0 Å². The predicted molar refractivity (Wildman–Crippen MR) is 127 cm³/mol. The lowest BCUT2D eigenvalue weighted by Crippen LogP contribution is -2.35. The third kappa shape index (κ3) is 4.48. The zero-order valence-corrected chi connectivity index (χ0v) is 19.2. The van der Waals surface area contributed by atoms with Crippen LogP contribution in [0.15, 0.2) is 59.1 Å². The largest absolute Gasteiger partial charge is 0.478 e. The Morgan fingerprint density at radius 3 is 2.78 bits per heavy atom. The van der Waals surface area contributed by atoms with E-state index < -0.39 is 5.97 Å². The first-order valence-corrected chi connectivity index (χ1v) is 10.9. The first-order valence-electron chi connectivity index (χ1n) is 10.1. The van der Waals surface area contributed by atoms with Gasteiger partial charge in [-0.15, -0.1) is 0 Å². The number of benzene rings is 1. The maximum Gasteiger partial charge on any atom is 0.335 e. The normalized spacial score (nSPS) is 18.2. The third-order valence-electron chi connectivity index (χ3n) is 5.38. The number of nitrogens with zero attached hydrogens (tertiary/aromatic N) is 3. The first-order chi connectivity index (χ1) is 15.3. The molecule has 166 valence electrons. The van der Waals surface area contributed by atoms with Crippen LogP contribution in [0.1, 0.15) is 33.9 Å². The predicted octanol–water partition coefficient (Wildman–Crippen LogP) is 4.23. The fourth-order valence-electron chi connectivity index (χ4n) is 3.77. The van der Waals surface area contributed by atoms with Gasteiger partial charge in [-0.2, -0.15) is 0 Å². The van der Waals surface area contributed by atoms with Gasteiger partial charge in [-0.3, -0.25) is 4.98 Å². The summed E-state index contributed by atoms with van der Waals surface area (Å²) in [6.07, 6.45) is 1.75. The van der Waals surface area contributed by atoms with Crippen molar-refractivity contribution in [1.82, 2.24) is 20.1 Å². The van der Waals surface area contributed by atoms with Gasteiger partial charge in [-0.25, -0.2) is 4.79 Å². The number of aromatic carboxylic acids is 1. The van der Waals surface area contributed by atoms with Crippen LogP contribution in [0.2, 0.25) is 5.02 Å². The number of halogens is 1. The smallest absolute Gasteiger partial charge is 0.335 e. The van der Waals surface area contributed by atoms with Crippen molar-refractivity contribution in [3.8, 4) is 11.3 Å². The van der Waals surface area contributed by atoms with Crippen molar-refractivity contribution in [2.75, 3.05) is 27.2 Å². The van der Waals surface area contributed by atoms with E-state index in [-0.39, 0.29) is 17.6 Å². The van der Waals surface area contributed by atoms with Crippen molar-refractivity contribution in [3.05, 3.63) is 76.8 Å². The fraction of sp³-hybridized carbons (Fsp3) is 0.261. The van der Waals surface area contributed by atoms with E-state index in [1.807, 2.05) is 44.4 Å². The lowest BCUT2D eigenvalue weighted by atomic mass is 10.0. The molecule has 3 heterocycles. The van der Waals surface area contributed by atoms with E-state index in [1.54, 1.807) is 12.3 Å². The van der Waals surface area contributed by atoms with Gasteiger partial charge >= 0.3 is 5.97 Å². The SMILES string of the molecule is CN(C)CCN1C(=S)N[C@@H](c2ccccn2)[C@@H]1c1ccc(-c2cc(C(=O)O)ccc2Cl)o1. The number of rotatable bonds is 7. The topological polar surface area (TPSA) is 81.8 Å². The van der Waals surface area contributed by atoms with Gasteiger partial charge in [0.15, 0.2) is 5.11 Å². The number of hydrogen-bond acceptors (Lipinski definition) is 5. The monoisotopic (exact) mass is 470 g/mol. The Morgan fingerprint density at radius 2 is 2.09 bits per heavy atom. The van der Waals surface area contributed by atoms with Gasteiger partial charge in [0.1, 0.15) is 17.6 Å². The molecule has 0 radical (unpaired) electrons. The zero-order chi connectivity index (χ0) is 22.8. The highest BCUT2D eigenvalue weighted by Gasteiger charge is 2.41. The number of likely N-dealkylation sites (N-methyl/N-ethyl adjacent to an activating group) is 1. The highest BCUT2D eigenvalue weighted by atomic mass is 35.5. The van der Waals surface area contributed by atoms with Gasteiger partial charge in [0.2, 0.25) is 0 Å². The average Bonchev–Trinajstić information content (AvgIpc) is 3.37. The van der Waals surface area contributed by atoms with Crippen molar-refractivity contribution in [3.63, 3.8) is 0 Å². The Kier molecular flexibility index (Phi) is 6.45. The summed E-state index contributed by atoms with van der Waals surface area (Å²) in [7, 11) is 4.03. The van der Waals surface area contributed by atoms with E-state index >= 15 is 0 Å². The number of carboxylic acids is 1. The molecular formula is C23H23ClN4O3S. The minimum Gasteiger partial charge on any atom is -0.478 e. The molecule has 9 heteroatoms. The summed E-state index contributed by atoms with van der Waals surface area (Å²) in [6, 6.07) is 13.6. The standard InChI is InChI=1S/C23H23ClN4O3S/c1-27(2)11-12-28-21(20(26-23(28)32)17-5-3-4-10-25-17)19-9-8-18(31-19)15-13-14(22(29)30)6-7-16(15)24/h3-10,13,20-21H,11-12H2,1-2H3,(H,26,32)(H,29,30)/t20-,21-/m0/s1. The minimum absolute atomic E-state index is 0.144. The van der Waals surface area contributed by atoms with Crippen molar-refractivity contribution in [2.24, 2.45) is 0 Å². The number of hydrogen-bond donors (Lipinski definition) is 2. The van der Waals surface area contributed by atoms with E-state index in [0.29, 0.717) is 33.8 Å². The molecule has 0 saturated carbocycles. The van der Waals surface area contributed by atoms with Gasteiger partial charge in [-0.05, 0) is 68.8 Å². The molecule has 32 heavy (non-hydrogen) atoms. The van der Waals surface area contributed by atoms with Crippen LogP contribution in [0.25, 0.3) is 11.3 Å². The molecule has 1 aliphatic rings. The highest BCUT2D eigenvalue weighted by Crippen LogP contribution is 2.41. The second-order valence-corrected chi connectivity index (χ2v) is 8.62. The summed E-state index contributed by atoms with van der Waals surface area (Å²) in [4.78, 5) is 20.1. The molecule has 1 aromatic carbocycles. The van der Waals surface area contributed by atoms with Crippen LogP contribution in [-0.4, -0.2) is 58.2 Å². The Morgan fingerprint density at radius 1 is 1.28 bits per heavy atom. The molecule has 3 aromatic rings. The summed E-state index contributed by atoms with van der Waals surface area (Å²) in [6.45, 7) is 1.52. The average molecular weight is 471 g/mol. The summed E-state index contributed by atoms with van der Waals surface area (Å²) in [5.74, 6) is 0.168. The van der Waals surface area contributed by atoms with E-state index in [1.165, 1.54) is 12.1 Å².